The molecule has 0 saturated carbocycles. The molecular formula is C23H27N5O2. The van der Waals surface area contributed by atoms with Gasteiger partial charge in [-0.05, 0) is 43.4 Å². The Morgan fingerprint density at radius 2 is 2.03 bits per heavy atom. The van der Waals surface area contributed by atoms with Crippen molar-refractivity contribution in [3.63, 3.8) is 0 Å². The van der Waals surface area contributed by atoms with Crippen LogP contribution in [0, 0.1) is 0 Å². The number of aromatic nitrogens is 4. The molecule has 3 aromatic rings. The van der Waals surface area contributed by atoms with E-state index >= 15 is 0 Å². The van der Waals surface area contributed by atoms with Gasteiger partial charge in [0.25, 0.3) is 5.91 Å². The van der Waals surface area contributed by atoms with Crippen LogP contribution < -0.4 is 0 Å². The largest absolute Gasteiger partial charge is 0.376 e. The summed E-state index contributed by atoms with van der Waals surface area (Å²) in [5.74, 6) is -0.134. The van der Waals surface area contributed by atoms with Gasteiger partial charge in [0.05, 0.1) is 24.5 Å². The quantitative estimate of drug-likeness (QED) is 0.547. The van der Waals surface area contributed by atoms with E-state index < -0.39 is 0 Å². The van der Waals surface area contributed by atoms with Crippen molar-refractivity contribution in [3.8, 4) is 0 Å². The first-order valence-electron chi connectivity index (χ1n) is 10.5. The molecule has 0 bridgehead atoms. The third kappa shape index (κ3) is 5.51. The summed E-state index contributed by atoms with van der Waals surface area (Å²) in [5.41, 5.74) is 2.51. The normalized spacial score (nSPS) is 15.9. The summed E-state index contributed by atoms with van der Waals surface area (Å²) in [4.78, 5) is 19.3. The van der Waals surface area contributed by atoms with Crippen molar-refractivity contribution >= 4 is 5.91 Å². The molecule has 156 valence electrons. The second kappa shape index (κ2) is 10.1. The van der Waals surface area contributed by atoms with Gasteiger partial charge in [0.15, 0.2) is 5.69 Å². The average molecular weight is 406 g/mol. The number of benzene rings is 1. The minimum Gasteiger partial charge on any atom is -0.376 e. The molecule has 0 unspecified atom stereocenters. The number of nitrogens with zero attached hydrogens (tertiary/aromatic N) is 5. The van der Waals surface area contributed by atoms with Gasteiger partial charge in [0.2, 0.25) is 0 Å². The highest BCUT2D eigenvalue weighted by Crippen LogP contribution is 2.16. The van der Waals surface area contributed by atoms with Crippen LogP contribution in [0.1, 0.15) is 41.0 Å². The van der Waals surface area contributed by atoms with Crippen LogP contribution in [0.2, 0.25) is 0 Å². The van der Waals surface area contributed by atoms with Gasteiger partial charge < -0.3 is 9.64 Å². The van der Waals surface area contributed by atoms with Crippen molar-refractivity contribution in [2.75, 3.05) is 13.2 Å². The minimum absolute atomic E-state index is 0.0681. The van der Waals surface area contributed by atoms with E-state index in [0.29, 0.717) is 18.8 Å². The van der Waals surface area contributed by atoms with Crippen molar-refractivity contribution < 1.29 is 9.53 Å². The van der Waals surface area contributed by atoms with Crippen LogP contribution >= 0.6 is 0 Å². The third-order valence-electron chi connectivity index (χ3n) is 5.27. The van der Waals surface area contributed by atoms with Gasteiger partial charge in [-0.1, -0.05) is 41.6 Å². The molecule has 7 heteroatoms. The first kappa shape index (κ1) is 20.2. The van der Waals surface area contributed by atoms with E-state index in [0.717, 1.165) is 44.5 Å². The molecule has 1 aliphatic heterocycles. The van der Waals surface area contributed by atoms with Gasteiger partial charge in [-0.3, -0.25) is 14.5 Å². The molecule has 0 N–H and O–H groups in total. The number of aryl methyl sites for hydroxylation is 2. The fourth-order valence-corrected chi connectivity index (χ4v) is 3.70. The summed E-state index contributed by atoms with van der Waals surface area (Å²) < 4.78 is 7.50. The monoisotopic (exact) mass is 405 g/mol. The molecule has 0 aliphatic carbocycles. The van der Waals surface area contributed by atoms with E-state index in [4.69, 9.17) is 4.74 Å². The molecule has 1 atom stereocenters. The number of ether oxygens (including phenoxy) is 1. The van der Waals surface area contributed by atoms with Gasteiger partial charge >= 0.3 is 0 Å². The Kier molecular flexibility index (Phi) is 6.82. The molecule has 0 spiro atoms. The zero-order valence-corrected chi connectivity index (χ0v) is 17.1. The lowest BCUT2D eigenvalue weighted by Gasteiger charge is -2.24. The molecule has 1 aromatic carbocycles. The van der Waals surface area contributed by atoms with E-state index in [9.17, 15) is 4.79 Å². The second-order valence-electron chi connectivity index (χ2n) is 7.60. The topological polar surface area (TPSA) is 73.1 Å². The molecule has 1 amide bonds. The van der Waals surface area contributed by atoms with Gasteiger partial charge in [-0.2, -0.15) is 0 Å². The van der Waals surface area contributed by atoms with E-state index in [1.54, 1.807) is 22.0 Å². The maximum absolute atomic E-state index is 13.2. The van der Waals surface area contributed by atoms with Crippen LogP contribution in [0.4, 0.5) is 0 Å². The van der Waals surface area contributed by atoms with Gasteiger partial charge in [0, 0.05) is 25.9 Å². The molecule has 1 aliphatic rings. The first-order chi connectivity index (χ1) is 14.8. The van der Waals surface area contributed by atoms with Crippen molar-refractivity contribution in [2.45, 2.75) is 44.9 Å². The SMILES string of the molecule is O=C(c1cn(CCCc2ccccc2)nn1)N(Cc1ccccn1)C[C@@H]1CCCO1. The molecular weight excluding hydrogens is 378 g/mol. The lowest BCUT2D eigenvalue weighted by atomic mass is 10.1. The number of pyridine rings is 1. The van der Waals surface area contributed by atoms with Crippen LogP contribution in [0.15, 0.2) is 60.9 Å². The fourth-order valence-electron chi connectivity index (χ4n) is 3.70. The lowest BCUT2D eigenvalue weighted by molar-refractivity contribution is 0.0500. The summed E-state index contributed by atoms with van der Waals surface area (Å²) in [6, 6.07) is 16.1. The molecule has 0 radical (unpaired) electrons. The summed E-state index contributed by atoms with van der Waals surface area (Å²) >= 11 is 0. The number of amides is 1. The van der Waals surface area contributed by atoms with Crippen molar-refractivity contribution in [3.05, 3.63) is 77.9 Å². The van der Waals surface area contributed by atoms with Gasteiger partial charge in [0.1, 0.15) is 0 Å². The summed E-state index contributed by atoms with van der Waals surface area (Å²) in [6.07, 6.45) is 7.47. The minimum atomic E-state index is -0.134. The van der Waals surface area contributed by atoms with Gasteiger partial charge in [-0.25, -0.2) is 0 Å². The molecule has 1 saturated heterocycles. The smallest absolute Gasteiger partial charge is 0.276 e. The Hall–Kier alpha value is -3.06. The Balaban J connectivity index is 1.39. The number of rotatable bonds is 9. The maximum atomic E-state index is 13.2. The van der Waals surface area contributed by atoms with Crippen molar-refractivity contribution in [1.82, 2.24) is 24.9 Å². The molecule has 30 heavy (non-hydrogen) atoms. The highest BCUT2D eigenvalue weighted by atomic mass is 16.5. The van der Waals surface area contributed by atoms with Crippen molar-refractivity contribution in [1.29, 1.82) is 0 Å². The highest BCUT2D eigenvalue weighted by molar-refractivity contribution is 5.91. The number of hydrogen-bond acceptors (Lipinski definition) is 5. The van der Waals surface area contributed by atoms with E-state index in [2.05, 4.69) is 27.4 Å². The third-order valence-corrected chi connectivity index (χ3v) is 5.27. The average Bonchev–Trinajstić information content (AvgIpc) is 3.47. The Bertz CT molecular complexity index is 923. The number of carbonyl (C=O) groups is 1. The summed E-state index contributed by atoms with van der Waals surface area (Å²) in [5, 5.41) is 8.30. The summed E-state index contributed by atoms with van der Waals surface area (Å²) in [6.45, 7) is 2.45. The first-order valence-corrected chi connectivity index (χ1v) is 10.5. The second-order valence-corrected chi connectivity index (χ2v) is 7.60. The lowest BCUT2D eigenvalue weighted by Crippen LogP contribution is -2.37. The van der Waals surface area contributed by atoms with E-state index in [-0.39, 0.29) is 12.0 Å². The van der Waals surface area contributed by atoms with Crippen molar-refractivity contribution in [2.24, 2.45) is 0 Å². The Morgan fingerprint density at radius 1 is 1.17 bits per heavy atom. The Morgan fingerprint density at radius 3 is 2.80 bits per heavy atom. The van der Waals surface area contributed by atoms with Crippen LogP contribution in [-0.2, 0) is 24.2 Å². The zero-order chi connectivity index (χ0) is 20.6. The molecule has 3 heterocycles. The zero-order valence-electron chi connectivity index (χ0n) is 17.1. The highest BCUT2D eigenvalue weighted by Gasteiger charge is 2.25. The predicted molar refractivity (Wildman–Crippen MR) is 113 cm³/mol. The molecule has 7 nitrogen and oxygen atoms in total. The fraction of sp³-hybridized carbons (Fsp3) is 0.391. The predicted octanol–water partition coefficient (Wildman–Crippen LogP) is 3.13. The number of carbonyl (C=O) groups excluding carboxylic acids is 1. The Labute approximate surface area is 176 Å². The van der Waals surface area contributed by atoms with Crippen LogP contribution in [0.5, 0.6) is 0 Å². The number of hydrogen-bond donors (Lipinski definition) is 0. The van der Waals surface area contributed by atoms with E-state index in [1.807, 2.05) is 36.4 Å². The van der Waals surface area contributed by atoms with Crippen LogP contribution in [0.3, 0.4) is 0 Å². The molecule has 2 aromatic heterocycles. The summed E-state index contributed by atoms with van der Waals surface area (Å²) in [7, 11) is 0. The van der Waals surface area contributed by atoms with E-state index in [1.165, 1.54) is 5.56 Å². The molecule has 1 fully saturated rings. The van der Waals surface area contributed by atoms with Gasteiger partial charge in [-0.15, -0.1) is 5.10 Å². The molecule has 4 rings (SSSR count). The maximum Gasteiger partial charge on any atom is 0.276 e. The standard InChI is InChI=1S/C23H27N5O2/c29-23(22-18-28(26-25-22)14-6-10-19-8-2-1-3-9-19)27(17-21-12-7-15-30-21)16-20-11-4-5-13-24-20/h1-5,8-9,11,13,18,21H,6-7,10,12,14-17H2/t21-/m0/s1. The van der Waals surface area contributed by atoms with Crippen LogP contribution in [0.25, 0.3) is 0 Å². The van der Waals surface area contributed by atoms with Crippen LogP contribution in [-0.4, -0.2) is 50.0 Å².